The highest BCUT2D eigenvalue weighted by molar-refractivity contribution is 6.32. The standard InChI is InChI=1S/C13H10ClN3O/c1-18-10-4-2-9(3-5-10)11-8-12-13(14)15-6-7-17(12)16-11/h2-8H,1H3. The summed E-state index contributed by atoms with van der Waals surface area (Å²) in [5, 5.41) is 4.90. The molecule has 0 aliphatic carbocycles. The van der Waals surface area contributed by atoms with Gasteiger partial charge in [-0.05, 0) is 30.3 Å². The fraction of sp³-hybridized carbons (Fsp3) is 0.0769. The molecule has 0 aliphatic heterocycles. The van der Waals surface area contributed by atoms with Gasteiger partial charge in [0.1, 0.15) is 11.3 Å². The number of hydrogen-bond acceptors (Lipinski definition) is 3. The van der Waals surface area contributed by atoms with Gasteiger partial charge in [0.05, 0.1) is 12.8 Å². The monoisotopic (exact) mass is 259 g/mol. The lowest BCUT2D eigenvalue weighted by molar-refractivity contribution is 0.415. The van der Waals surface area contributed by atoms with E-state index in [0.29, 0.717) is 5.15 Å². The number of rotatable bonds is 2. The molecule has 3 aromatic rings. The van der Waals surface area contributed by atoms with Crippen LogP contribution in [0.15, 0.2) is 42.7 Å². The Bertz CT molecular complexity index is 691. The Morgan fingerprint density at radius 2 is 2.00 bits per heavy atom. The second kappa shape index (κ2) is 4.31. The maximum absolute atomic E-state index is 6.01. The van der Waals surface area contributed by atoms with Gasteiger partial charge in [0, 0.05) is 18.0 Å². The molecule has 1 aromatic carbocycles. The topological polar surface area (TPSA) is 39.4 Å². The largest absolute Gasteiger partial charge is 0.497 e. The first-order chi connectivity index (χ1) is 8.78. The van der Waals surface area contributed by atoms with Gasteiger partial charge in [0.2, 0.25) is 0 Å². The minimum absolute atomic E-state index is 0.449. The summed E-state index contributed by atoms with van der Waals surface area (Å²) in [5.74, 6) is 0.821. The van der Waals surface area contributed by atoms with E-state index in [-0.39, 0.29) is 0 Å². The third-order valence-electron chi connectivity index (χ3n) is 2.73. The first kappa shape index (κ1) is 11.0. The third-order valence-corrected chi connectivity index (χ3v) is 3.02. The van der Waals surface area contributed by atoms with Crippen molar-refractivity contribution in [1.29, 1.82) is 0 Å². The molecule has 4 nitrogen and oxygen atoms in total. The third kappa shape index (κ3) is 1.80. The molecular formula is C13H10ClN3O. The number of halogens is 1. The van der Waals surface area contributed by atoms with Gasteiger partial charge < -0.3 is 4.74 Å². The molecule has 0 N–H and O–H groups in total. The van der Waals surface area contributed by atoms with E-state index in [1.807, 2.05) is 30.3 Å². The number of hydrogen-bond donors (Lipinski definition) is 0. The van der Waals surface area contributed by atoms with Gasteiger partial charge in [-0.3, -0.25) is 0 Å². The Balaban J connectivity index is 2.10. The van der Waals surface area contributed by atoms with E-state index >= 15 is 0 Å². The van der Waals surface area contributed by atoms with Crippen LogP contribution >= 0.6 is 11.6 Å². The zero-order valence-electron chi connectivity index (χ0n) is 9.67. The van der Waals surface area contributed by atoms with Crippen LogP contribution in [0.3, 0.4) is 0 Å². The van der Waals surface area contributed by atoms with Crippen molar-refractivity contribution in [3.05, 3.63) is 47.9 Å². The molecule has 90 valence electrons. The molecule has 5 heteroatoms. The van der Waals surface area contributed by atoms with Crippen molar-refractivity contribution in [2.45, 2.75) is 0 Å². The summed E-state index contributed by atoms with van der Waals surface area (Å²) in [4.78, 5) is 4.03. The lowest BCUT2D eigenvalue weighted by Crippen LogP contribution is -1.88. The van der Waals surface area contributed by atoms with E-state index in [0.717, 1.165) is 22.5 Å². The molecule has 3 rings (SSSR count). The van der Waals surface area contributed by atoms with Crippen LogP contribution in [0.25, 0.3) is 16.8 Å². The van der Waals surface area contributed by atoms with Gasteiger partial charge in [-0.15, -0.1) is 0 Å². The molecule has 18 heavy (non-hydrogen) atoms. The number of aromatic nitrogens is 3. The summed E-state index contributed by atoms with van der Waals surface area (Å²) in [6, 6.07) is 9.64. The molecule has 2 aromatic heterocycles. The molecule has 0 spiro atoms. The van der Waals surface area contributed by atoms with Crippen molar-refractivity contribution < 1.29 is 4.74 Å². The second-order valence-electron chi connectivity index (χ2n) is 3.81. The average molecular weight is 260 g/mol. The summed E-state index contributed by atoms with van der Waals surface area (Å²) in [7, 11) is 1.64. The molecule has 0 atom stereocenters. The number of fused-ring (bicyclic) bond motifs is 1. The van der Waals surface area contributed by atoms with Crippen molar-refractivity contribution >= 4 is 17.1 Å². The Morgan fingerprint density at radius 1 is 1.22 bits per heavy atom. The second-order valence-corrected chi connectivity index (χ2v) is 4.16. The molecule has 0 fully saturated rings. The molecule has 0 radical (unpaired) electrons. The molecule has 2 heterocycles. The minimum atomic E-state index is 0.449. The minimum Gasteiger partial charge on any atom is -0.497 e. The van der Waals surface area contributed by atoms with Crippen LogP contribution in [0.2, 0.25) is 5.15 Å². The lowest BCUT2D eigenvalue weighted by Gasteiger charge is -1.99. The first-order valence-corrected chi connectivity index (χ1v) is 5.80. The summed E-state index contributed by atoms with van der Waals surface area (Å²) >= 11 is 6.01. The van der Waals surface area contributed by atoms with Crippen molar-refractivity contribution in [3.8, 4) is 17.0 Å². The van der Waals surface area contributed by atoms with Gasteiger partial charge in [0.25, 0.3) is 0 Å². The first-order valence-electron chi connectivity index (χ1n) is 5.42. The van der Waals surface area contributed by atoms with E-state index in [4.69, 9.17) is 16.3 Å². The van der Waals surface area contributed by atoms with Crippen LogP contribution in [0.4, 0.5) is 0 Å². The van der Waals surface area contributed by atoms with E-state index in [2.05, 4.69) is 10.1 Å². The van der Waals surface area contributed by atoms with Crippen molar-refractivity contribution in [2.75, 3.05) is 7.11 Å². The van der Waals surface area contributed by atoms with Crippen LogP contribution in [-0.2, 0) is 0 Å². The molecule has 0 saturated carbocycles. The summed E-state index contributed by atoms with van der Waals surface area (Å²) < 4.78 is 6.84. The van der Waals surface area contributed by atoms with Gasteiger partial charge in [0.15, 0.2) is 5.15 Å². The zero-order valence-corrected chi connectivity index (χ0v) is 10.4. The smallest absolute Gasteiger partial charge is 0.154 e. The highest BCUT2D eigenvalue weighted by atomic mass is 35.5. The maximum atomic E-state index is 6.01. The summed E-state index contributed by atoms with van der Waals surface area (Å²) in [6.07, 6.45) is 3.40. The number of nitrogens with zero attached hydrogens (tertiary/aromatic N) is 3. The van der Waals surface area contributed by atoms with Crippen LogP contribution < -0.4 is 4.74 Å². The van der Waals surface area contributed by atoms with Crippen molar-refractivity contribution in [3.63, 3.8) is 0 Å². The molecule has 0 bridgehead atoms. The Kier molecular flexibility index (Phi) is 2.64. The maximum Gasteiger partial charge on any atom is 0.154 e. The van der Waals surface area contributed by atoms with E-state index < -0.39 is 0 Å². The highest BCUT2D eigenvalue weighted by Crippen LogP contribution is 2.24. The SMILES string of the molecule is COc1ccc(-c2cc3c(Cl)nccn3n2)cc1. The fourth-order valence-electron chi connectivity index (χ4n) is 1.79. The fourth-order valence-corrected chi connectivity index (χ4v) is 1.99. The van der Waals surface area contributed by atoms with Crippen LogP contribution in [-0.4, -0.2) is 21.7 Å². The lowest BCUT2D eigenvalue weighted by atomic mass is 10.1. The number of methoxy groups -OCH3 is 1. The molecular weight excluding hydrogens is 250 g/mol. The predicted molar refractivity (Wildman–Crippen MR) is 70.0 cm³/mol. The molecule has 0 amide bonds. The number of ether oxygens (including phenoxy) is 1. The highest BCUT2D eigenvalue weighted by Gasteiger charge is 2.07. The average Bonchev–Trinajstić information content (AvgIpc) is 2.84. The predicted octanol–water partition coefficient (Wildman–Crippen LogP) is 3.06. The van der Waals surface area contributed by atoms with Crippen molar-refractivity contribution in [2.24, 2.45) is 0 Å². The van der Waals surface area contributed by atoms with E-state index in [1.165, 1.54) is 0 Å². The van der Waals surface area contributed by atoms with Gasteiger partial charge in [-0.1, -0.05) is 11.6 Å². The summed E-state index contributed by atoms with van der Waals surface area (Å²) in [5.41, 5.74) is 2.66. The Morgan fingerprint density at radius 3 is 2.67 bits per heavy atom. The zero-order chi connectivity index (χ0) is 12.5. The van der Waals surface area contributed by atoms with Gasteiger partial charge >= 0.3 is 0 Å². The van der Waals surface area contributed by atoms with Crippen molar-refractivity contribution in [1.82, 2.24) is 14.6 Å². The van der Waals surface area contributed by atoms with Gasteiger partial charge in [-0.2, -0.15) is 5.10 Å². The Hall–Kier alpha value is -2.07. The Labute approximate surface area is 109 Å². The van der Waals surface area contributed by atoms with Gasteiger partial charge in [-0.25, -0.2) is 9.50 Å². The summed E-state index contributed by atoms with van der Waals surface area (Å²) in [6.45, 7) is 0. The number of benzene rings is 1. The normalized spacial score (nSPS) is 10.8. The molecule has 0 unspecified atom stereocenters. The van der Waals surface area contributed by atoms with Crippen LogP contribution in [0.5, 0.6) is 5.75 Å². The van der Waals surface area contributed by atoms with E-state index in [9.17, 15) is 0 Å². The van der Waals surface area contributed by atoms with Crippen LogP contribution in [0.1, 0.15) is 0 Å². The quantitative estimate of drug-likeness (QED) is 0.710. The molecule has 0 aliphatic rings. The van der Waals surface area contributed by atoms with E-state index in [1.54, 1.807) is 24.0 Å². The molecule has 0 saturated heterocycles. The van der Waals surface area contributed by atoms with Crippen LogP contribution in [0, 0.1) is 0 Å².